The molecule has 70 valence electrons. The van der Waals surface area contributed by atoms with Gasteiger partial charge in [0.2, 0.25) is 0 Å². The van der Waals surface area contributed by atoms with Gasteiger partial charge in [0, 0.05) is 17.1 Å². The Morgan fingerprint density at radius 2 is 2.62 bits per heavy atom. The van der Waals surface area contributed by atoms with E-state index in [9.17, 15) is 0 Å². The molecule has 0 amide bonds. The van der Waals surface area contributed by atoms with Gasteiger partial charge in [-0.05, 0) is 12.8 Å². The minimum atomic E-state index is 0.552. The third kappa shape index (κ3) is 2.69. The van der Waals surface area contributed by atoms with Crippen LogP contribution in [0.3, 0.4) is 0 Å². The van der Waals surface area contributed by atoms with E-state index in [1.54, 1.807) is 16.8 Å². The molecule has 2 rings (SSSR count). The Kier molecular flexibility index (Phi) is 2.44. The number of nitrogens with two attached hydrogens (primary N) is 1. The summed E-state index contributed by atoms with van der Waals surface area (Å²) >= 11 is 1.60. The number of nitrogens with zero attached hydrogens (tertiary/aromatic N) is 2. The van der Waals surface area contributed by atoms with Gasteiger partial charge in [-0.2, -0.15) is 0 Å². The second-order valence-electron chi connectivity index (χ2n) is 3.09. The van der Waals surface area contributed by atoms with Crippen LogP contribution >= 0.6 is 11.3 Å². The largest absolute Gasteiger partial charge is 0.370 e. The lowest BCUT2D eigenvalue weighted by Gasteiger charge is -2.01. The van der Waals surface area contributed by atoms with Crippen molar-refractivity contribution in [3.63, 3.8) is 0 Å². The smallest absolute Gasteiger partial charge is 0.189 e. The fourth-order valence-corrected chi connectivity index (χ4v) is 1.48. The van der Waals surface area contributed by atoms with E-state index < -0.39 is 0 Å². The molecule has 0 spiro atoms. The number of hydrogen-bond donors (Lipinski definition) is 2. The Morgan fingerprint density at radius 3 is 3.23 bits per heavy atom. The van der Waals surface area contributed by atoms with Crippen LogP contribution < -0.4 is 11.1 Å². The van der Waals surface area contributed by atoms with Crippen molar-refractivity contribution in [3.05, 3.63) is 16.6 Å². The molecule has 0 radical (unpaired) electrons. The molecule has 13 heavy (non-hydrogen) atoms. The van der Waals surface area contributed by atoms with Gasteiger partial charge in [0.25, 0.3) is 0 Å². The Bertz CT molecular complexity index is 289. The van der Waals surface area contributed by atoms with Gasteiger partial charge in [0.05, 0.1) is 12.1 Å². The summed E-state index contributed by atoms with van der Waals surface area (Å²) < 4.78 is 0. The Hall–Kier alpha value is -1.10. The van der Waals surface area contributed by atoms with Crippen molar-refractivity contribution in [1.29, 1.82) is 0 Å². The highest BCUT2D eigenvalue weighted by Crippen LogP contribution is 2.18. The van der Waals surface area contributed by atoms with E-state index in [4.69, 9.17) is 5.73 Å². The van der Waals surface area contributed by atoms with Crippen molar-refractivity contribution in [2.75, 3.05) is 0 Å². The fourth-order valence-electron chi connectivity index (χ4n) is 0.966. The molecule has 1 aromatic heterocycles. The van der Waals surface area contributed by atoms with Crippen LogP contribution in [0.25, 0.3) is 0 Å². The van der Waals surface area contributed by atoms with Crippen LogP contribution in [0.5, 0.6) is 0 Å². The molecule has 5 heteroatoms. The number of hydrogen-bond acceptors (Lipinski definition) is 3. The summed E-state index contributed by atoms with van der Waals surface area (Å²) in [6, 6.07) is 0.574. The lowest BCUT2D eigenvalue weighted by molar-refractivity contribution is 0.881. The van der Waals surface area contributed by atoms with Crippen LogP contribution in [0.2, 0.25) is 0 Å². The maximum Gasteiger partial charge on any atom is 0.189 e. The van der Waals surface area contributed by atoms with Gasteiger partial charge in [0.15, 0.2) is 5.96 Å². The van der Waals surface area contributed by atoms with Crippen molar-refractivity contribution in [2.45, 2.75) is 25.4 Å². The van der Waals surface area contributed by atoms with E-state index in [0.29, 0.717) is 18.5 Å². The summed E-state index contributed by atoms with van der Waals surface area (Å²) in [6.45, 7) is 0.635. The van der Waals surface area contributed by atoms with Gasteiger partial charge < -0.3 is 11.1 Å². The molecular weight excluding hydrogens is 184 g/mol. The maximum atomic E-state index is 5.65. The maximum absolute atomic E-state index is 5.65. The monoisotopic (exact) mass is 196 g/mol. The molecule has 1 saturated carbocycles. The molecule has 0 aromatic carbocycles. The minimum Gasteiger partial charge on any atom is -0.370 e. The summed E-state index contributed by atoms with van der Waals surface area (Å²) in [5, 5.41) is 3.13. The third-order valence-electron chi connectivity index (χ3n) is 1.82. The van der Waals surface area contributed by atoms with E-state index in [-0.39, 0.29) is 0 Å². The van der Waals surface area contributed by atoms with Crippen LogP contribution in [0.4, 0.5) is 0 Å². The van der Waals surface area contributed by atoms with Crippen molar-refractivity contribution in [3.8, 4) is 0 Å². The summed E-state index contributed by atoms with van der Waals surface area (Å²) in [7, 11) is 0. The first kappa shape index (κ1) is 8.50. The van der Waals surface area contributed by atoms with Gasteiger partial charge in [-0.3, -0.25) is 4.98 Å². The van der Waals surface area contributed by atoms with E-state index in [0.717, 1.165) is 4.88 Å². The molecule has 1 aromatic rings. The van der Waals surface area contributed by atoms with E-state index in [1.807, 2.05) is 6.20 Å². The summed E-state index contributed by atoms with van der Waals surface area (Å²) in [4.78, 5) is 9.30. The van der Waals surface area contributed by atoms with Crippen molar-refractivity contribution in [2.24, 2.45) is 10.7 Å². The second kappa shape index (κ2) is 3.74. The highest BCUT2D eigenvalue weighted by Gasteiger charge is 2.21. The van der Waals surface area contributed by atoms with Gasteiger partial charge in [-0.15, -0.1) is 11.3 Å². The van der Waals surface area contributed by atoms with E-state index in [2.05, 4.69) is 15.3 Å². The number of thiazole rings is 1. The number of nitrogens with one attached hydrogen (secondary N) is 1. The number of rotatable bonds is 3. The minimum absolute atomic E-state index is 0.552. The number of guanidine groups is 1. The van der Waals surface area contributed by atoms with Crippen LogP contribution in [-0.2, 0) is 6.54 Å². The molecule has 0 bridgehead atoms. The highest BCUT2D eigenvalue weighted by molar-refractivity contribution is 7.09. The lowest BCUT2D eigenvalue weighted by atomic mass is 10.5. The Balaban J connectivity index is 1.81. The van der Waals surface area contributed by atoms with Gasteiger partial charge in [-0.25, -0.2) is 4.99 Å². The predicted octanol–water partition coefficient (Wildman–Crippen LogP) is 0.710. The van der Waals surface area contributed by atoms with Gasteiger partial charge >= 0.3 is 0 Å². The predicted molar refractivity (Wildman–Crippen MR) is 53.6 cm³/mol. The molecule has 1 heterocycles. The molecule has 1 aliphatic carbocycles. The zero-order valence-electron chi connectivity index (χ0n) is 7.23. The molecule has 0 atom stereocenters. The molecule has 1 fully saturated rings. The van der Waals surface area contributed by atoms with Gasteiger partial charge in [-0.1, -0.05) is 0 Å². The average molecular weight is 196 g/mol. The first-order valence-electron chi connectivity index (χ1n) is 4.28. The molecular formula is C8H12N4S. The summed E-state index contributed by atoms with van der Waals surface area (Å²) in [6.07, 6.45) is 4.26. The lowest BCUT2D eigenvalue weighted by Crippen LogP contribution is -2.33. The molecule has 3 N–H and O–H groups in total. The van der Waals surface area contributed by atoms with Crippen LogP contribution in [-0.4, -0.2) is 17.0 Å². The number of aromatic nitrogens is 1. The first-order valence-corrected chi connectivity index (χ1v) is 5.16. The van der Waals surface area contributed by atoms with Crippen molar-refractivity contribution < 1.29 is 0 Å². The third-order valence-corrected chi connectivity index (χ3v) is 2.58. The quantitative estimate of drug-likeness (QED) is 0.553. The summed E-state index contributed by atoms with van der Waals surface area (Å²) in [5.74, 6) is 0.552. The molecule has 0 saturated heterocycles. The van der Waals surface area contributed by atoms with Crippen LogP contribution in [0.1, 0.15) is 17.7 Å². The van der Waals surface area contributed by atoms with Crippen LogP contribution in [0.15, 0.2) is 16.7 Å². The van der Waals surface area contributed by atoms with E-state index in [1.165, 1.54) is 12.8 Å². The molecule has 0 aliphatic heterocycles. The highest BCUT2D eigenvalue weighted by atomic mass is 32.1. The van der Waals surface area contributed by atoms with Crippen molar-refractivity contribution in [1.82, 2.24) is 10.3 Å². The van der Waals surface area contributed by atoms with Crippen LogP contribution in [0, 0.1) is 0 Å². The first-order chi connectivity index (χ1) is 6.34. The zero-order chi connectivity index (χ0) is 9.10. The zero-order valence-corrected chi connectivity index (χ0v) is 8.05. The van der Waals surface area contributed by atoms with Gasteiger partial charge in [0.1, 0.15) is 0 Å². The fraction of sp³-hybridized carbons (Fsp3) is 0.500. The van der Waals surface area contributed by atoms with Crippen molar-refractivity contribution >= 4 is 17.3 Å². The van der Waals surface area contributed by atoms with E-state index >= 15 is 0 Å². The molecule has 1 aliphatic rings. The normalized spacial score (nSPS) is 17.4. The average Bonchev–Trinajstić information content (AvgIpc) is 2.78. The second-order valence-corrected chi connectivity index (χ2v) is 4.06. The standard InChI is InChI=1S/C8H12N4S/c9-8(12-6-1-2-6)11-4-7-3-10-5-13-7/h3,5-6H,1-2,4H2,(H3,9,11,12). The Morgan fingerprint density at radius 1 is 1.77 bits per heavy atom. The molecule has 0 unspecified atom stereocenters. The number of aliphatic imine (C=N–C) groups is 1. The summed E-state index contributed by atoms with van der Waals surface area (Å²) in [5.41, 5.74) is 7.46. The SMILES string of the molecule is NC(=NCc1cncs1)NC1CC1. The molecule has 4 nitrogen and oxygen atoms in total. The Labute approximate surface area is 80.9 Å². The topological polar surface area (TPSA) is 63.3 Å².